The lowest BCUT2D eigenvalue weighted by atomic mass is 10.0. The number of halogens is 1. The van der Waals surface area contributed by atoms with Crippen LogP contribution in [0.15, 0.2) is 42.5 Å². The first-order chi connectivity index (χ1) is 13.5. The molecule has 7 nitrogen and oxygen atoms in total. The Morgan fingerprint density at radius 3 is 2.50 bits per heavy atom. The summed E-state index contributed by atoms with van der Waals surface area (Å²) >= 11 is 5.84. The minimum atomic E-state index is -0.330. The second kappa shape index (κ2) is 8.67. The SMILES string of the molecule is COc1ccc(-c2c(NC(=O)COc3ccc(Cl)cc3)n[nH]c2C)cc1OC. The molecule has 8 heteroatoms. The molecule has 2 aromatic carbocycles. The Balaban J connectivity index is 1.75. The zero-order chi connectivity index (χ0) is 20.1. The van der Waals surface area contributed by atoms with Gasteiger partial charge >= 0.3 is 0 Å². The van der Waals surface area contributed by atoms with Crippen molar-refractivity contribution in [3.8, 4) is 28.4 Å². The quantitative estimate of drug-likeness (QED) is 0.623. The smallest absolute Gasteiger partial charge is 0.263 e. The van der Waals surface area contributed by atoms with Gasteiger partial charge in [0.05, 0.1) is 14.2 Å². The van der Waals surface area contributed by atoms with Gasteiger partial charge in [0.15, 0.2) is 23.9 Å². The number of carbonyl (C=O) groups excluding carboxylic acids is 1. The van der Waals surface area contributed by atoms with Crippen LogP contribution < -0.4 is 19.5 Å². The molecule has 0 fully saturated rings. The van der Waals surface area contributed by atoms with Crippen molar-refractivity contribution >= 4 is 23.3 Å². The highest BCUT2D eigenvalue weighted by Gasteiger charge is 2.17. The summed E-state index contributed by atoms with van der Waals surface area (Å²) in [6, 6.07) is 12.3. The fourth-order valence-electron chi connectivity index (χ4n) is 2.71. The Bertz CT molecular complexity index is 970. The van der Waals surface area contributed by atoms with Crippen LogP contribution in [0.25, 0.3) is 11.1 Å². The number of carbonyl (C=O) groups is 1. The van der Waals surface area contributed by atoms with Gasteiger partial charge < -0.3 is 19.5 Å². The first-order valence-electron chi connectivity index (χ1n) is 8.47. The molecule has 146 valence electrons. The number of hydrogen-bond donors (Lipinski definition) is 2. The highest BCUT2D eigenvalue weighted by atomic mass is 35.5. The summed E-state index contributed by atoms with van der Waals surface area (Å²) in [5.74, 6) is 1.84. The highest BCUT2D eigenvalue weighted by Crippen LogP contribution is 2.36. The number of aryl methyl sites for hydroxylation is 1. The van der Waals surface area contributed by atoms with Gasteiger partial charge in [-0.05, 0) is 48.9 Å². The van der Waals surface area contributed by atoms with E-state index < -0.39 is 0 Å². The molecule has 1 aromatic heterocycles. The third kappa shape index (κ3) is 4.37. The van der Waals surface area contributed by atoms with Crippen molar-refractivity contribution in [2.75, 3.05) is 26.1 Å². The van der Waals surface area contributed by atoms with Crippen molar-refractivity contribution in [2.24, 2.45) is 0 Å². The molecule has 0 aliphatic rings. The van der Waals surface area contributed by atoms with Crippen LogP contribution in [0.5, 0.6) is 17.2 Å². The number of methoxy groups -OCH3 is 2. The van der Waals surface area contributed by atoms with E-state index in [9.17, 15) is 4.79 Å². The molecule has 1 heterocycles. The molecule has 3 rings (SSSR count). The van der Waals surface area contributed by atoms with Crippen molar-refractivity contribution in [2.45, 2.75) is 6.92 Å². The molecule has 0 aliphatic carbocycles. The van der Waals surface area contributed by atoms with Crippen LogP contribution in [0.3, 0.4) is 0 Å². The maximum absolute atomic E-state index is 12.3. The van der Waals surface area contributed by atoms with Crippen LogP contribution >= 0.6 is 11.6 Å². The molecule has 0 radical (unpaired) electrons. The first kappa shape index (κ1) is 19.6. The summed E-state index contributed by atoms with van der Waals surface area (Å²) in [5.41, 5.74) is 2.40. The summed E-state index contributed by atoms with van der Waals surface area (Å²) in [5, 5.41) is 10.5. The predicted molar refractivity (Wildman–Crippen MR) is 107 cm³/mol. The van der Waals surface area contributed by atoms with E-state index in [2.05, 4.69) is 15.5 Å². The molecule has 0 unspecified atom stereocenters. The summed E-state index contributed by atoms with van der Waals surface area (Å²) < 4.78 is 16.1. The standard InChI is InChI=1S/C20H20ClN3O4/c1-12-19(13-4-9-16(26-2)17(10-13)27-3)20(24-23-12)22-18(25)11-28-15-7-5-14(21)6-8-15/h4-10H,11H2,1-3H3,(H2,22,23,24,25). The van der Waals surface area contributed by atoms with Gasteiger partial charge in [0, 0.05) is 16.3 Å². The molecule has 3 aromatic rings. The van der Waals surface area contributed by atoms with Crippen LogP contribution in [-0.4, -0.2) is 36.9 Å². The van der Waals surface area contributed by atoms with Crippen LogP contribution in [0.2, 0.25) is 5.02 Å². The van der Waals surface area contributed by atoms with Crippen LogP contribution in [0, 0.1) is 6.92 Å². The van der Waals surface area contributed by atoms with E-state index in [1.807, 2.05) is 19.1 Å². The summed E-state index contributed by atoms with van der Waals surface area (Å²) in [6.45, 7) is 1.72. The Morgan fingerprint density at radius 1 is 1.11 bits per heavy atom. The van der Waals surface area contributed by atoms with E-state index in [-0.39, 0.29) is 12.5 Å². The lowest BCUT2D eigenvalue weighted by Gasteiger charge is -2.11. The molecule has 0 saturated heterocycles. The second-order valence-electron chi connectivity index (χ2n) is 5.93. The summed E-state index contributed by atoms with van der Waals surface area (Å²) in [6.07, 6.45) is 0. The van der Waals surface area contributed by atoms with Gasteiger partial charge in [-0.15, -0.1) is 0 Å². The molecule has 0 aliphatic heterocycles. The number of ether oxygens (including phenoxy) is 3. The molecule has 1 amide bonds. The van der Waals surface area contributed by atoms with E-state index in [1.54, 1.807) is 44.6 Å². The van der Waals surface area contributed by atoms with E-state index in [1.165, 1.54) is 0 Å². The normalized spacial score (nSPS) is 10.4. The van der Waals surface area contributed by atoms with Gasteiger partial charge in [-0.2, -0.15) is 5.10 Å². The largest absolute Gasteiger partial charge is 0.493 e. The number of nitrogens with zero attached hydrogens (tertiary/aromatic N) is 1. The summed E-state index contributed by atoms with van der Waals surface area (Å²) in [7, 11) is 3.15. The Kier molecular flexibility index (Phi) is 6.06. The second-order valence-corrected chi connectivity index (χ2v) is 6.37. The summed E-state index contributed by atoms with van der Waals surface area (Å²) in [4.78, 5) is 12.3. The van der Waals surface area contributed by atoms with Gasteiger partial charge in [0.2, 0.25) is 0 Å². The van der Waals surface area contributed by atoms with Crippen molar-refractivity contribution < 1.29 is 19.0 Å². The maximum atomic E-state index is 12.3. The molecule has 0 saturated carbocycles. The van der Waals surface area contributed by atoms with E-state index in [0.29, 0.717) is 28.1 Å². The number of aromatic nitrogens is 2. The number of rotatable bonds is 7. The topological polar surface area (TPSA) is 85.5 Å². The minimum Gasteiger partial charge on any atom is -0.493 e. The van der Waals surface area contributed by atoms with Gasteiger partial charge in [0.1, 0.15) is 5.75 Å². The number of H-pyrrole nitrogens is 1. The number of hydrogen-bond acceptors (Lipinski definition) is 5. The maximum Gasteiger partial charge on any atom is 0.263 e. The van der Waals surface area contributed by atoms with E-state index >= 15 is 0 Å². The molecule has 2 N–H and O–H groups in total. The predicted octanol–water partition coefficient (Wildman–Crippen LogP) is 4.07. The van der Waals surface area contributed by atoms with Gasteiger partial charge in [0.25, 0.3) is 5.91 Å². The zero-order valence-electron chi connectivity index (χ0n) is 15.7. The third-order valence-corrected chi connectivity index (χ3v) is 4.31. The average Bonchev–Trinajstić information content (AvgIpc) is 3.07. The third-order valence-electron chi connectivity index (χ3n) is 4.06. The fraction of sp³-hybridized carbons (Fsp3) is 0.200. The Labute approximate surface area is 167 Å². The first-order valence-corrected chi connectivity index (χ1v) is 8.85. The molecule has 0 atom stereocenters. The fourth-order valence-corrected chi connectivity index (χ4v) is 2.84. The van der Waals surface area contributed by atoms with Gasteiger partial charge in [-0.3, -0.25) is 9.89 Å². The van der Waals surface area contributed by atoms with Crippen LogP contribution in [0.1, 0.15) is 5.69 Å². The monoisotopic (exact) mass is 401 g/mol. The molecular weight excluding hydrogens is 382 g/mol. The highest BCUT2D eigenvalue weighted by molar-refractivity contribution is 6.30. The van der Waals surface area contributed by atoms with Crippen molar-refractivity contribution in [3.05, 3.63) is 53.2 Å². The minimum absolute atomic E-state index is 0.154. The number of benzene rings is 2. The van der Waals surface area contributed by atoms with Crippen molar-refractivity contribution in [1.82, 2.24) is 10.2 Å². The number of anilines is 1. The molecule has 0 spiro atoms. The number of amides is 1. The molecular formula is C20H20ClN3O4. The molecule has 0 bridgehead atoms. The number of nitrogens with one attached hydrogen (secondary N) is 2. The van der Waals surface area contributed by atoms with Crippen molar-refractivity contribution in [1.29, 1.82) is 0 Å². The van der Waals surface area contributed by atoms with E-state index in [4.69, 9.17) is 25.8 Å². The van der Waals surface area contributed by atoms with Gasteiger partial charge in [-0.1, -0.05) is 17.7 Å². The average molecular weight is 402 g/mol. The Morgan fingerprint density at radius 2 is 1.82 bits per heavy atom. The number of aromatic amines is 1. The van der Waals surface area contributed by atoms with Crippen LogP contribution in [-0.2, 0) is 4.79 Å². The zero-order valence-corrected chi connectivity index (χ0v) is 16.5. The van der Waals surface area contributed by atoms with Crippen molar-refractivity contribution in [3.63, 3.8) is 0 Å². The Hall–Kier alpha value is -3.19. The lowest BCUT2D eigenvalue weighted by Crippen LogP contribution is -2.20. The lowest BCUT2D eigenvalue weighted by molar-refractivity contribution is -0.118. The van der Waals surface area contributed by atoms with Gasteiger partial charge in [-0.25, -0.2) is 0 Å². The van der Waals surface area contributed by atoms with Crippen LogP contribution in [0.4, 0.5) is 5.82 Å². The molecule has 28 heavy (non-hydrogen) atoms. The van der Waals surface area contributed by atoms with E-state index in [0.717, 1.165) is 16.8 Å².